The molecule has 0 saturated heterocycles. The molecule has 4 N–H and O–H groups in total. The van der Waals surface area contributed by atoms with E-state index in [0.29, 0.717) is 35.7 Å². The zero-order chi connectivity index (χ0) is 18.9. The van der Waals surface area contributed by atoms with Crippen LogP contribution in [0.25, 0.3) is 0 Å². The SMILES string of the molecule is COc1ccc(C(=O)NCCCO)c(NC(=O)Nc2cccc(Br)c2)c1. The molecule has 0 bridgehead atoms. The largest absolute Gasteiger partial charge is 0.497 e. The number of amides is 3. The third-order valence-electron chi connectivity index (χ3n) is 3.42. The Morgan fingerprint density at radius 2 is 1.96 bits per heavy atom. The van der Waals surface area contributed by atoms with Gasteiger partial charge in [0.2, 0.25) is 0 Å². The monoisotopic (exact) mass is 421 g/mol. The number of benzene rings is 2. The molecule has 0 aliphatic rings. The normalized spacial score (nSPS) is 10.1. The van der Waals surface area contributed by atoms with Gasteiger partial charge in [0.05, 0.1) is 18.4 Å². The van der Waals surface area contributed by atoms with Crippen LogP contribution in [0, 0.1) is 0 Å². The number of nitrogens with one attached hydrogen (secondary N) is 3. The second-order valence-electron chi connectivity index (χ2n) is 5.33. The van der Waals surface area contributed by atoms with Crippen molar-refractivity contribution in [1.82, 2.24) is 5.32 Å². The summed E-state index contributed by atoms with van der Waals surface area (Å²) in [6.45, 7) is 0.327. The van der Waals surface area contributed by atoms with E-state index in [4.69, 9.17) is 9.84 Å². The highest BCUT2D eigenvalue weighted by Crippen LogP contribution is 2.23. The van der Waals surface area contributed by atoms with E-state index < -0.39 is 6.03 Å². The van der Waals surface area contributed by atoms with Crippen molar-refractivity contribution < 1.29 is 19.4 Å². The van der Waals surface area contributed by atoms with Crippen LogP contribution in [0.3, 0.4) is 0 Å². The van der Waals surface area contributed by atoms with E-state index in [9.17, 15) is 9.59 Å². The van der Waals surface area contributed by atoms with Crippen LogP contribution in [0.1, 0.15) is 16.8 Å². The van der Waals surface area contributed by atoms with Crippen LogP contribution in [0.2, 0.25) is 0 Å². The first-order valence-electron chi connectivity index (χ1n) is 7.94. The van der Waals surface area contributed by atoms with E-state index in [2.05, 4.69) is 31.9 Å². The molecule has 138 valence electrons. The Kier molecular flexibility index (Phi) is 7.43. The Morgan fingerprint density at radius 1 is 1.15 bits per heavy atom. The van der Waals surface area contributed by atoms with Crippen molar-refractivity contribution in [3.05, 3.63) is 52.5 Å². The van der Waals surface area contributed by atoms with E-state index in [1.165, 1.54) is 7.11 Å². The maximum Gasteiger partial charge on any atom is 0.323 e. The average molecular weight is 422 g/mol. The van der Waals surface area contributed by atoms with E-state index in [-0.39, 0.29) is 12.5 Å². The van der Waals surface area contributed by atoms with Crippen LogP contribution in [-0.2, 0) is 0 Å². The van der Waals surface area contributed by atoms with Crippen LogP contribution < -0.4 is 20.7 Å². The predicted molar refractivity (Wildman–Crippen MR) is 104 cm³/mol. The van der Waals surface area contributed by atoms with Crippen LogP contribution in [0.15, 0.2) is 46.9 Å². The minimum absolute atomic E-state index is 0.0109. The highest BCUT2D eigenvalue weighted by molar-refractivity contribution is 9.10. The van der Waals surface area contributed by atoms with Crippen molar-refractivity contribution >= 4 is 39.2 Å². The number of carbonyl (C=O) groups is 2. The summed E-state index contributed by atoms with van der Waals surface area (Å²) in [5.41, 5.74) is 1.22. The first-order valence-corrected chi connectivity index (χ1v) is 8.73. The number of hydrogen-bond acceptors (Lipinski definition) is 4. The molecule has 0 aromatic heterocycles. The van der Waals surface area contributed by atoms with E-state index in [1.54, 1.807) is 36.4 Å². The summed E-state index contributed by atoms with van der Waals surface area (Å²) in [7, 11) is 1.50. The smallest absolute Gasteiger partial charge is 0.323 e. The summed E-state index contributed by atoms with van der Waals surface area (Å²) in [4.78, 5) is 24.6. The van der Waals surface area contributed by atoms with E-state index >= 15 is 0 Å². The summed E-state index contributed by atoms with van der Waals surface area (Å²) < 4.78 is 5.99. The van der Waals surface area contributed by atoms with Gasteiger partial charge in [0.15, 0.2) is 0 Å². The van der Waals surface area contributed by atoms with Crippen LogP contribution in [-0.4, -0.2) is 37.3 Å². The lowest BCUT2D eigenvalue weighted by Crippen LogP contribution is -2.27. The molecule has 0 heterocycles. The predicted octanol–water partition coefficient (Wildman–Crippen LogP) is 3.21. The van der Waals surface area contributed by atoms with Crippen molar-refractivity contribution in [3.8, 4) is 5.75 Å². The number of methoxy groups -OCH3 is 1. The van der Waals surface area contributed by atoms with Gasteiger partial charge in [-0.25, -0.2) is 4.79 Å². The van der Waals surface area contributed by atoms with Gasteiger partial charge >= 0.3 is 6.03 Å². The lowest BCUT2D eigenvalue weighted by Gasteiger charge is -2.13. The number of anilines is 2. The molecular formula is C18H20BrN3O4. The fourth-order valence-electron chi connectivity index (χ4n) is 2.18. The second-order valence-corrected chi connectivity index (χ2v) is 6.25. The van der Waals surface area contributed by atoms with Crippen molar-refractivity contribution in [2.75, 3.05) is 30.9 Å². The van der Waals surface area contributed by atoms with E-state index in [0.717, 1.165) is 4.47 Å². The Balaban J connectivity index is 2.14. The van der Waals surface area contributed by atoms with E-state index in [1.807, 2.05) is 6.07 Å². The van der Waals surface area contributed by atoms with Gasteiger partial charge in [-0.1, -0.05) is 22.0 Å². The molecule has 2 aromatic rings. The second kappa shape index (κ2) is 9.79. The van der Waals surface area contributed by atoms with Crippen LogP contribution >= 0.6 is 15.9 Å². The molecule has 0 fully saturated rings. The molecule has 26 heavy (non-hydrogen) atoms. The molecule has 0 unspecified atom stereocenters. The zero-order valence-electron chi connectivity index (χ0n) is 14.2. The molecule has 3 amide bonds. The fourth-order valence-corrected chi connectivity index (χ4v) is 2.58. The summed E-state index contributed by atoms with van der Waals surface area (Å²) in [5.74, 6) is 0.161. The molecule has 2 aromatic carbocycles. The first kappa shape index (κ1) is 19.7. The topological polar surface area (TPSA) is 99.7 Å². The lowest BCUT2D eigenvalue weighted by atomic mass is 10.1. The summed E-state index contributed by atoms with van der Waals surface area (Å²) >= 11 is 3.34. The molecule has 2 rings (SSSR count). The summed E-state index contributed by atoms with van der Waals surface area (Å²) in [5, 5.41) is 16.9. The van der Waals surface area contributed by atoms with Gasteiger partial charge in [0.25, 0.3) is 5.91 Å². The highest BCUT2D eigenvalue weighted by Gasteiger charge is 2.14. The van der Waals surface area contributed by atoms with Gasteiger partial charge in [-0.2, -0.15) is 0 Å². The lowest BCUT2D eigenvalue weighted by molar-refractivity contribution is 0.0952. The zero-order valence-corrected chi connectivity index (χ0v) is 15.8. The quantitative estimate of drug-likeness (QED) is 0.515. The number of hydrogen-bond donors (Lipinski definition) is 4. The Bertz CT molecular complexity index is 783. The van der Waals surface area contributed by atoms with Crippen molar-refractivity contribution in [1.29, 1.82) is 0 Å². The molecule has 0 aliphatic carbocycles. The molecule has 0 aliphatic heterocycles. The van der Waals surface area contributed by atoms with Gasteiger partial charge in [-0.05, 0) is 36.8 Å². The maximum atomic E-state index is 12.3. The summed E-state index contributed by atoms with van der Waals surface area (Å²) in [6.07, 6.45) is 0.452. The molecule has 0 radical (unpaired) electrons. The van der Waals surface area contributed by atoms with Gasteiger partial charge < -0.3 is 25.8 Å². The molecule has 0 saturated carbocycles. The fraction of sp³-hybridized carbons (Fsp3) is 0.222. The van der Waals surface area contributed by atoms with Crippen LogP contribution in [0.4, 0.5) is 16.2 Å². The molecular weight excluding hydrogens is 402 g/mol. The van der Waals surface area contributed by atoms with Gasteiger partial charge in [-0.3, -0.25) is 4.79 Å². The van der Waals surface area contributed by atoms with Crippen molar-refractivity contribution in [2.45, 2.75) is 6.42 Å². The van der Waals surface area contributed by atoms with Gasteiger partial charge in [0, 0.05) is 29.4 Å². The number of aliphatic hydroxyl groups is 1. The Hall–Kier alpha value is -2.58. The minimum atomic E-state index is -0.485. The molecule has 8 heteroatoms. The number of halogens is 1. The number of urea groups is 1. The third kappa shape index (κ3) is 5.75. The average Bonchev–Trinajstić information content (AvgIpc) is 2.61. The number of aliphatic hydroxyl groups excluding tert-OH is 1. The van der Waals surface area contributed by atoms with Crippen molar-refractivity contribution in [2.24, 2.45) is 0 Å². The van der Waals surface area contributed by atoms with Gasteiger partial charge in [-0.15, -0.1) is 0 Å². The minimum Gasteiger partial charge on any atom is -0.497 e. The highest BCUT2D eigenvalue weighted by atomic mass is 79.9. The standard InChI is InChI=1S/C18H20BrN3O4/c1-26-14-6-7-15(17(24)20-8-3-9-23)16(11-14)22-18(25)21-13-5-2-4-12(19)10-13/h2,4-7,10-11,23H,3,8-9H2,1H3,(H,20,24)(H2,21,22,25). The van der Waals surface area contributed by atoms with Gasteiger partial charge in [0.1, 0.15) is 5.75 Å². The van der Waals surface area contributed by atoms with Crippen molar-refractivity contribution in [3.63, 3.8) is 0 Å². The van der Waals surface area contributed by atoms with Crippen LogP contribution in [0.5, 0.6) is 5.75 Å². The number of rotatable bonds is 7. The molecule has 7 nitrogen and oxygen atoms in total. The number of carbonyl (C=O) groups excluding carboxylic acids is 2. The first-order chi connectivity index (χ1) is 12.5. The Labute approximate surface area is 159 Å². The molecule has 0 atom stereocenters. The summed E-state index contributed by atoms with van der Waals surface area (Å²) in [6, 6.07) is 11.4. The number of ether oxygens (including phenoxy) is 1. The Morgan fingerprint density at radius 3 is 2.65 bits per heavy atom. The molecule has 0 spiro atoms. The maximum absolute atomic E-state index is 12.3. The third-order valence-corrected chi connectivity index (χ3v) is 3.92.